The molecule has 0 saturated carbocycles. The number of hydrogen-bond donors (Lipinski definition) is 3. The largest absolute Gasteiger partial charge is 0.325 e. The van der Waals surface area contributed by atoms with Crippen LogP contribution in [0.3, 0.4) is 0 Å². The molecule has 0 spiro atoms. The van der Waals surface area contributed by atoms with E-state index in [1.807, 2.05) is 0 Å². The molecule has 1 saturated heterocycles. The average molecular weight is 296 g/mol. The summed E-state index contributed by atoms with van der Waals surface area (Å²) >= 11 is 5.95. The van der Waals surface area contributed by atoms with E-state index in [4.69, 9.17) is 11.6 Å². The number of nitrogens with one attached hydrogen (secondary N) is 3. The van der Waals surface area contributed by atoms with Crippen molar-refractivity contribution in [3.8, 4) is 0 Å². The molecule has 1 fully saturated rings. The van der Waals surface area contributed by atoms with Gasteiger partial charge in [-0.3, -0.25) is 9.59 Å². The van der Waals surface area contributed by atoms with Crippen molar-refractivity contribution in [1.29, 1.82) is 0 Å². The van der Waals surface area contributed by atoms with Crippen molar-refractivity contribution in [1.82, 2.24) is 5.32 Å². The molecule has 1 aliphatic rings. The zero-order valence-corrected chi connectivity index (χ0v) is 12.1. The Balaban J connectivity index is 2.12. The lowest BCUT2D eigenvalue weighted by Crippen LogP contribution is -2.34. The van der Waals surface area contributed by atoms with Crippen LogP contribution in [0, 0.1) is 5.92 Å². The van der Waals surface area contributed by atoms with Gasteiger partial charge in [-0.15, -0.1) is 0 Å². The third kappa shape index (κ3) is 3.95. The maximum absolute atomic E-state index is 12.2. The highest BCUT2D eigenvalue weighted by atomic mass is 35.5. The molecule has 5 nitrogen and oxygen atoms in total. The van der Waals surface area contributed by atoms with Gasteiger partial charge in [0.25, 0.3) is 0 Å². The van der Waals surface area contributed by atoms with Crippen LogP contribution >= 0.6 is 11.6 Å². The number of carbonyl (C=O) groups is 2. The van der Waals surface area contributed by atoms with E-state index in [1.165, 1.54) is 6.92 Å². The molecular weight excluding hydrogens is 278 g/mol. The molecule has 0 bridgehead atoms. The van der Waals surface area contributed by atoms with Gasteiger partial charge in [0.05, 0.1) is 11.4 Å². The topological polar surface area (TPSA) is 70.2 Å². The summed E-state index contributed by atoms with van der Waals surface area (Å²) in [5.41, 5.74) is 1.10. The van der Waals surface area contributed by atoms with Gasteiger partial charge in [-0.2, -0.15) is 0 Å². The van der Waals surface area contributed by atoms with Crippen LogP contribution in [0.2, 0.25) is 5.02 Å². The molecule has 1 heterocycles. The van der Waals surface area contributed by atoms with Crippen LogP contribution in [0.25, 0.3) is 0 Å². The summed E-state index contributed by atoms with van der Waals surface area (Å²) in [5.74, 6) is -0.217. The van der Waals surface area contributed by atoms with Crippen LogP contribution < -0.4 is 16.0 Å². The number of carbonyl (C=O) groups excluding carboxylic acids is 2. The SMILES string of the molecule is CC(=O)Nc1ccc(Cl)cc1NC(=O)C1CCNCC1. The second-order valence-electron chi connectivity index (χ2n) is 4.88. The number of anilines is 2. The van der Waals surface area contributed by atoms with Gasteiger partial charge in [0.1, 0.15) is 0 Å². The van der Waals surface area contributed by atoms with Crippen molar-refractivity contribution in [3.05, 3.63) is 23.2 Å². The third-order valence-electron chi connectivity index (χ3n) is 3.26. The lowest BCUT2D eigenvalue weighted by Gasteiger charge is -2.22. The summed E-state index contributed by atoms with van der Waals surface area (Å²) in [5, 5.41) is 9.28. The van der Waals surface area contributed by atoms with Gasteiger partial charge in [-0.05, 0) is 44.1 Å². The van der Waals surface area contributed by atoms with Gasteiger partial charge >= 0.3 is 0 Å². The maximum Gasteiger partial charge on any atom is 0.227 e. The van der Waals surface area contributed by atoms with Gasteiger partial charge < -0.3 is 16.0 Å². The van der Waals surface area contributed by atoms with Gasteiger partial charge in [-0.1, -0.05) is 11.6 Å². The number of amides is 2. The highest BCUT2D eigenvalue weighted by molar-refractivity contribution is 6.31. The van der Waals surface area contributed by atoms with Gasteiger partial charge in [0, 0.05) is 17.9 Å². The molecule has 1 aromatic carbocycles. The highest BCUT2D eigenvalue weighted by Crippen LogP contribution is 2.27. The quantitative estimate of drug-likeness (QED) is 0.801. The molecule has 108 valence electrons. The molecular formula is C14H18ClN3O2. The van der Waals surface area contributed by atoms with E-state index >= 15 is 0 Å². The molecule has 0 atom stereocenters. The summed E-state index contributed by atoms with van der Waals surface area (Å²) in [4.78, 5) is 23.4. The van der Waals surface area contributed by atoms with Crippen molar-refractivity contribution in [2.45, 2.75) is 19.8 Å². The summed E-state index contributed by atoms with van der Waals surface area (Å²) in [6, 6.07) is 5.00. The van der Waals surface area contributed by atoms with Crippen LogP contribution in [-0.4, -0.2) is 24.9 Å². The van der Waals surface area contributed by atoms with E-state index in [-0.39, 0.29) is 17.7 Å². The number of hydrogen-bond acceptors (Lipinski definition) is 3. The van der Waals surface area contributed by atoms with Gasteiger partial charge in [0.15, 0.2) is 0 Å². The number of halogens is 1. The number of piperidine rings is 1. The Hall–Kier alpha value is -1.59. The van der Waals surface area contributed by atoms with Crippen LogP contribution in [0.1, 0.15) is 19.8 Å². The Kier molecular flexibility index (Phi) is 4.98. The molecule has 20 heavy (non-hydrogen) atoms. The van der Waals surface area contributed by atoms with E-state index in [9.17, 15) is 9.59 Å². The predicted octanol–water partition coefficient (Wildman–Crippen LogP) is 2.24. The molecule has 1 aliphatic heterocycles. The van der Waals surface area contributed by atoms with E-state index < -0.39 is 0 Å². The lowest BCUT2D eigenvalue weighted by molar-refractivity contribution is -0.120. The van der Waals surface area contributed by atoms with Crippen molar-refractivity contribution in [2.24, 2.45) is 5.92 Å². The van der Waals surface area contributed by atoms with Crippen molar-refractivity contribution in [2.75, 3.05) is 23.7 Å². The monoisotopic (exact) mass is 295 g/mol. The molecule has 1 aromatic rings. The average Bonchev–Trinajstić information content (AvgIpc) is 2.42. The minimum Gasteiger partial charge on any atom is -0.325 e. The van der Waals surface area contributed by atoms with Crippen LogP contribution in [0.15, 0.2) is 18.2 Å². The first-order valence-corrected chi connectivity index (χ1v) is 7.03. The Morgan fingerprint density at radius 1 is 1.20 bits per heavy atom. The zero-order valence-electron chi connectivity index (χ0n) is 11.3. The first kappa shape index (κ1) is 14.8. The fraction of sp³-hybridized carbons (Fsp3) is 0.429. The van der Waals surface area contributed by atoms with E-state index in [0.29, 0.717) is 16.4 Å². The fourth-order valence-electron chi connectivity index (χ4n) is 2.24. The summed E-state index contributed by atoms with van der Waals surface area (Å²) in [6.07, 6.45) is 1.64. The molecule has 0 aromatic heterocycles. The van der Waals surface area contributed by atoms with Crippen molar-refractivity contribution in [3.63, 3.8) is 0 Å². The molecule has 0 radical (unpaired) electrons. The maximum atomic E-state index is 12.2. The van der Waals surface area contributed by atoms with Crippen molar-refractivity contribution < 1.29 is 9.59 Å². The Morgan fingerprint density at radius 2 is 1.90 bits per heavy atom. The summed E-state index contributed by atoms with van der Waals surface area (Å²) in [6.45, 7) is 3.13. The second kappa shape index (κ2) is 6.72. The van der Waals surface area contributed by atoms with Gasteiger partial charge in [-0.25, -0.2) is 0 Å². The van der Waals surface area contributed by atoms with Crippen LogP contribution in [-0.2, 0) is 9.59 Å². The number of rotatable bonds is 3. The van der Waals surface area contributed by atoms with Crippen molar-refractivity contribution >= 4 is 34.8 Å². The molecule has 6 heteroatoms. The molecule has 0 unspecified atom stereocenters. The summed E-state index contributed by atoms with van der Waals surface area (Å²) < 4.78 is 0. The standard InChI is InChI=1S/C14H18ClN3O2/c1-9(19)17-12-3-2-11(15)8-13(12)18-14(20)10-4-6-16-7-5-10/h2-3,8,10,16H,4-7H2,1H3,(H,17,19)(H,18,20). The second-order valence-corrected chi connectivity index (χ2v) is 5.32. The zero-order chi connectivity index (χ0) is 14.5. The number of benzene rings is 1. The molecule has 0 aliphatic carbocycles. The van der Waals surface area contributed by atoms with Crippen LogP contribution in [0.5, 0.6) is 0 Å². The fourth-order valence-corrected chi connectivity index (χ4v) is 2.41. The normalized spacial score (nSPS) is 15.7. The Morgan fingerprint density at radius 3 is 2.55 bits per heavy atom. The Bertz CT molecular complexity index is 513. The Labute approximate surface area is 123 Å². The first-order chi connectivity index (χ1) is 9.56. The van der Waals surface area contributed by atoms with Gasteiger partial charge in [0.2, 0.25) is 11.8 Å². The minimum atomic E-state index is -0.190. The van der Waals surface area contributed by atoms with E-state index in [2.05, 4.69) is 16.0 Å². The predicted molar refractivity (Wildman–Crippen MR) is 80.0 cm³/mol. The summed E-state index contributed by atoms with van der Waals surface area (Å²) in [7, 11) is 0. The first-order valence-electron chi connectivity index (χ1n) is 6.65. The molecule has 3 N–H and O–H groups in total. The third-order valence-corrected chi connectivity index (χ3v) is 3.50. The minimum absolute atomic E-state index is 0.000379. The lowest BCUT2D eigenvalue weighted by atomic mass is 9.97. The molecule has 2 amide bonds. The smallest absolute Gasteiger partial charge is 0.227 e. The van der Waals surface area contributed by atoms with E-state index in [0.717, 1.165) is 25.9 Å². The molecule has 2 rings (SSSR count). The highest BCUT2D eigenvalue weighted by Gasteiger charge is 2.21. The van der Waals surface area contributed by atoms with E-state index in [1.54, 1.807) is 18.2 Å². The van der Waals surface area contributed by atoms with Crippen LogP contribution in [0.4, 0.5) is 11.4 Å².